The Kier molecular flexibility index (Phi) is 11.3. The maximum atomic E-state index is 13.1. The van der Waals surface area contributed by atoms with Gasteiger partial charge in [0.2, 0.25) is 0 Å². The van der Waals surface area contributed by atoms with Crippen LogP contribution in [0.15, 0.2) is 36.9 Å². The Hall–Kier alpha value is -3.23. The Morgan fingerprint density at radius 1 is 0.660 bits per heavy atom. The number of ether oxygens (including phenoxy) is 2. The summed E-state index contributed by atoms with van der Waals surface area (Å²) in [6.07, 6.45) is -15.6. The number of thioether (sulfide) groups is 1. The first kappa shape index (κ1) is 39.5. The lowest BCUT2D eigenvalue weighted by atomic mass is 9.97. The number of hydrogen-bond acceptors (Lipinski definition) is 15. The van der Waals surface area contributed by atoms with Crippen LogP contribution in [0.25, 0.3) is 22.8 Å². The summed E-state index contributed by atoms with van der Waals surface area (Å²) >= 11 is 12.7. The summed E-state index contributed by atoms with van der Waals surface area (Å²) in [6, 6.07) is -1.59. The second kappa shape index (κ2) is 15.1. The van der Waals surface area contributed by atoms with Crippen molar-refractivity contribution in [2.24, 2.45) is 0 Å². The van der Waals surface area contributed by atoms with Crippen molar-refractivity contribution in [2.75, 3.05) is 13.2 Å². The van der Waals surface area contributed by atoms with E-state index in [1.54, 1.807) is 0 Å². The average molecular weight is 820 g/mol. The zero-order valence-corrected chi connectivity index (χ0v) is 28.5. The number of aliphatic hydroxyl groups is 6. The molecule has 7 unspecified atom stereocenters. The third-order valence-corrected chi connectivity index (χ3v) is 10.3. The molecule has 25 heteroatoms. The Labute approximate surface area is 306 Å². The van der Waals surface area contributed by atoms with Gasteiger partial charge in [0.25, 0.3) is 0 Å². The van der Waals surface area contributed by atoms with E-state index in [2.05, 4.69) is 30.6 Å². The number of alkyl halides is 6. The first-order valence-corrected chi connectivity index (χ1v) is 16.8. The third kappa shape index (κ3) is 7.82. The molecule has 10 atom stereocenters. The number of aromatic nitrogens is 8. The van der Waals surface area contributed by atoms with Gasteiger partial charge in [0.05, 0.1) is 46.8 Å². The highest BCUT2D eigenvalue weighted by molar-refractivity contribution is 8.00. The molecule has 0 saturated carbocycles. The highest BCUT2D eigenvalue weighted by Gasteiger charge is 2.52. The molecule has 0 amide bonds. The van der Waals surface area contributed by atoms with Crippen molar-refractivity contribution in [3.05, 3.63) is 58.1 Å². The average Bonchev–Trinajstić information content (AvgIpc) is 3.77. The fourth-order valence-corrected chi connectivity index (χ4v) is 7.59. The molecule has 6 heterocycles. The quantitative estimate of drug-likeness (QED) is 0.139. The Morgan fingerprint density at radius 3 is 1.36 bits per heavy atom. The molecule has 0 aliphatic carbocycles. The van der Waals surface area contributed by atoms with E-state index < -0.39 is 106 Å². The first-order valence-electron chi connectivity index (χ1n) is 15.1. The zero-order valence-electron chi connectivity index (χ0n) is 26.2. The molecular weight excluding hydrogens is 793 g/mol. The van der Waals surface area contributed by atoms with Gasteiger partial charge in [-0.1, -0.05) is 45.4 Å². The van der Waals surface area contributed by atoms with Crippen molar-refractivity contribution in [2.45, 2.75) is 71.9 Å². The van der Waals surface area contributed by atoms with E-state index in [0.29, 0.717) is 36.3 Å². The molecule has 4 aromatic rings. The fourth-order valence-electron chi connectivity index (χ4n) is 5.74. The molecule has 2 aliphatic heterocycles. The lowest BCUT2D eigenvalue weighted by Gasteiger charge is -2.46. The molecule has 4 aromatic heterocycles. The molecular formula is C28H26Cl2F6N8O8S. The van der Waals surface area contributed by atoms with Gasteiger partial charge in [0.15, 0.2) is 0 Å². The molecule has 2 aliphatic rings. The molecule has 0 bridgehead atoms. The molecule has 53 heavy (non-hydrogen) atoms. The maximum absolute atomic E-state index is 13.1. The van der Waals surface area contributed by atoms with E-state index >= 15 is 0 Å². The molecule has 2 fully saturated rings. The van der Waals surface area contributed by atoms with Crippen LogP contribution in [0.4, 0.5) is 26.3 Å². The van der Waals surface area contributed by atoms with Crippen molar-refractivity contribution in [3.8, 4) is 22.8 Å². The van der Waals surface area contributed by atoms with E-state index in [4.69, 9.17) is 32.7 Å². The number of pyridine rings is 2. The smallest absolute Gasteiger partial charge is 0.394 e. The fraction of sp³-hybridized carbons (Fsp3) is 0.500. The van der Waals surface area contributed by atoms with Gasteiger partial charge in [0.1, 0.15) is 82.4 Å². The van der Waals surface area contributed by atoms with Gasteiger partial charge in [-0.15, -0.1) is 10.2 Å². The molecule has 0 radical (unpaired) electrons. The standard InChI is InChI=1S/C28H26Cl2F6N8O8S/c29-11-1-9(27(31,32)33)3-37-17(11)13-5-43(41-39-13)19-21(47)15(7-45)51-25(23(19)49)53-26-24(50)20(22(48)16(8-46)52-26)44-6-14(40-42-44)18-12(30)2-10(4-38-18)28(34,35)36/h1-6,15-16,19-26,45-50H,7-8H2/t15-,16?,19?,20?,21?,22?,23?,24+,25+,26?/m1/s1. The van der Waals surface area contributed by atoms with Crippen LogP contribution in [0.3, 0.4) is 0 Å². The van der Waals surface area contributed by atoms with Crippen LogP contribution in [0.1, 0.15) is 23.2 Å². The Bertz CT molecular complexity index is 1790. The largest absolute Gasteiger partial charge is 0.417 e. The van der Waals surface area contributed by atoms with Crippen molar-refractivity contribution < 1.29 is 66.5 Å². The maximum Gasteiger partial charge on any atom is 0.417 e. The highest BCUT2D eigenvalue weighted by Crippen LogP contribution is 2.43. The predicted octanol–water partition coefficient (Wildman–Crippen LogP) is 1.73. The SMILES string of the molecule is OCC1OC(S[C@@H]2O[C@H](CO)C(O)C(n3cc(-c4ncc(C(F)(F)F)cc4Cl)nn3)C2O)[C@@H](O)C(n2cc(-c3ncc(C(F)(F)F)cc3Cl)nn2)C1O. The minimum atomic E-state index is -4.72. The third-order valence-electron chi connectivity index (χ3n) is 8.42. The van der Waals surface area contributed by atoms with E-state index in [1.165, 1.54) is 0 Å². The van der Waals surface area contributed by atoms with Crippen LogP contribution >= 0.6 is 35.0 Å². The van der Waals surface area contributed by atoms with Gasteiger partial charge in [-0.3, -0.25) is 9.97 Å². The number of aliphatic hydroxyl groups excluding tert-OH is 6. The van der Waals surface area contributed by atoms with Crippen molar-refractivity contribution >= 4 is 35.0 Å². The minimum Gasteiger partial charge on any atom is -0.394 e. The van der Waals surface area contributed by atoms with Crippen LogP contribution < -0.4 is 0 Å². The second-order valence-corrected chi connectivity index (χ2v) is 13.8. The van der Waals surface area contributed by atoms with Crippen LogP contribution in [0.5, 0.6) is 0 Å². The monoisotopic (exact) mass is 818 g/mol. The minimum absolute atomic E-state index is 0.131. The van der Waals surface area contributed by atoms with Crippen molar-refractivity contribution in [3.63, 3.8) is 0 Å². The summed E-state index contributed by atoms with van der Waals surface area (Å²) in [5.41, 5.74) is -5.75. The summed E-state index contributed by atoms with van der Waals surface area (Å²) in [7, 11) is 0. The molecule has 288 valence electrons. The van der Waals surface area contributed by atoms with Crippen molar-refractivity contribution in [1.29, 1.82) is 0 Å². The number of halogens is 8. The number of hydrogen-bond donors (Lipinski definition) is 6. The Balaban J connectivity index is 1.24. The van der Waals surface area contributed by atoms with Gasteiger partial charge in [-0.25, -0.2) is 9.36 Å². The van der Waals surface area contributed by atoms with Crippen LogP contribution in [-0.4, -0.2) is 131 Å². The van der Waals surface area contributed by atoms with E-state index in [-0.39, 0.29) is 22.8 Å². The van der Waals surface area contributed by atoms with Crippen LogP contribution in [0.2, 0.25) is 10.0 Å². The lowest BCUT2D eigenvalue weighted by molar-refractivity contribution is -0.189. The zero-order chi connectivity index (χ0) is 38.6. The van der Waals surface area contributed by atoms with Crippen molar-refractivity contribution in [1.82, 2.24) is 40.0 Å². The Morgan fingerprint density at radius 2 is 1.04 bits per heavy atom. The molecule has 0 spiro atoms. The topological polar surface area (TPSA) is 227 Å². The van der Waals surface area contributed by atoms with Crippen LogP contribution in [-0.2, 0) is 21.8 Å². The van der Waals surface area contributed by atoms with E-state index in [9.17, 15) is 57.0 Å². The highest BCUT2D eigenvalue weighted by atomic mass is 35.5. The molecule has 6 rings (SSSR count). The van der Waals surface area contributed by atoms with E-state index in [1.807, 2.05) is 0 Å². The van der Waals surface area contributed by atoms with Gasteiger partial charge in [0, 0.05) is 12.4 Å². The summed E-state index contributed by atoms with van der Waals surface area (Å²) < 4.78 is 92.0. The summed E-state index contributed by atoms with van der Waals surface area (Å²) in [5.74, 6) is 0. The molecule has 2 saturated heterocycles. The second-order valence-electron chi connectivity index (χ2n) is 11.8. The van der Waals surface area contributed by atoms with Gasteiger partial charge >= 0.3 is 12.4 Å². The van der Waals surface area contributed by atoms with Gasteiger partial charge < -0.3 is 40.1 Å². The lowest BCUT2D eigenvalue weighted by Crippen LogP contribution is -2.58. The number of nitrogens with zero attached hydrogens (tertiary/aromatic N) is 8. The van der Waals surface area contributed by atoms with Gasteiger partial charge in [-0.2, -0.15) is 26.3 Å². The molecule has 6 N–H and O–H groups in total. The normalized spacial score (nSPS) is 29.8. The summed E-state index contributed by atoms with van der Waals surface area (Å²) in [4.78, 5) is 7.44. The first-order chi connectivity index (χ1) is 24.9. The summed E-state index contributed by atoms with van der Waals surface area (Å²) in [6.45, 7) is -1.57. The molecule has 16 nitrogen and oxygen atoms in total. The number of rotatable bonds is 8. The van der Waals surface area contributed by atoms with Crippen LogP contribution in [0, 0.1) is 0 Å². The van der Waals surface area contributed by atoms with Gasteiger partial charge in [-0.05, 0) is 12.1 Å². The van der Waals surface area contributed by atoms with E-state index in [0.717, 1.165) is 21.8 Å². The molecule has 0 aromatic carbocycles. The predicted molar refractivity (Wildman–Crippen MR) is 168 cm³/mol. The summed E-state index contributed by atoms with van der Waals surface area (Å²) in [5, 5.41) is 79.5.